The summed E-state index contributed by atoms with van der Waals surface area (Å²) in [6, 6.07) is 3.82. The van der Waals surface area contributed by atoms with Crippen LogP contribution in [0.15, 0.2) is 27.6 Å². The van der Waals surface area contributed by atoms with E-state index in [0.717, 1.165) is 19.2 Å². The summed E-state index contributed by atoms with van der Waals surface area (Å²) in [6.07, 6.45) is 4.84. The van der Waals surface area contributed by atoms with Crippen molar-refractivity contribution in [2.24, 2.45) is 0 Å². The van der Waals surface area contributed by atoms with E-state index in [1.54, 1.807) is 0 Å². The fourth-order valence-corrected chi connectivity index (χ4v) is 3.70. The summed E-state index contributed by atoms with van der Waals surface area (Å²) in [4.78, 5) is 2.23. The minimum absolute atomic E-state index is 0.0425. The molecule has 7 heteroatoms. The fourth-order valence-electron chi connectivity index (χ4n) is 2.43. The highest BCUT2D eigenvalue weighted by Gasteiger charge is 2.16. The molecule has 4 nitrogen and oxygen atoms in total. The van der Waals surface area contributed by atoms with Gasteiger partial charge in [0.2, 0.25) is 10.0 Å². The van der Waals surface area contributed by atoms with Crippen LogP contribution in [-0.2, 0) is 10.0 Å². The molecule has 0 atom stereocenters. The number of likely N-dealkylation sites (tertiary alicyclic amines) is 1. The monoisotopic (exact) mass is 378 g/mol. The quantitative estimate of drug-likeness (QED) is 0.856. The third-order valence-corrected chi connectivity index (χ3v) is 5.72. The number of rotatable bonds is 5. The number of nitrogens with one attached hydrogen (secondary N) is 1. The van der Waals surface area contributed by atoms with Crippen molar-refractivity contribution in [3.8, 4) is 0 Å². The molecular formula is C14H20BrFN2O2S. The highest BCUT2D eigenvalue weighted by molar-refractivity contribution is 9.10. The molecule has 21 heavy (non-hydrogen) atoms. The van der Waals surface area contributed by atoms with E-state index >= 15 is 0 Å². The third-order valence-electron chi connectivity index (χ3n) is 3.62. The highest BCUT2D eigenvalue weighted by atomic mass is 79.9. The van der Waals surface area contributed by atoms with Gasteiger partial charge in [0, 0.05) is 13.1 Å². The SMILES string of the molecule is O=S(=O)(NCCN1CCCCCC1)c1ccc(Br)c(F)c1. The van der Waals surface area contributed by atoms with E-state index in [0.29, 0.717) is 13.1 Å². The highest BCUT2D eigenvalue weighted by Crippen LogP contribution is 2.19. The lowest BCUT2D eigenvalue weighted by Crippen LogP contribution is -2.35. The van der Waals surface area contributed by atoms with Crippen LogP contribution in [0.4, 0.5) is 4.39 Å². The molecule has 1 aliphatic heterocycles. The Balaban J connectivity index is 1.90. The molecule has 1 N–H and O–H groups in total. The standard InChI is InChI=1S/C14H20BrFN2O2S/c15-13-6-5-12(11-14(13)16)21(19,20)17-7-10-18-8-3-1-2-4-9-18/h5-6,11,17H,1-4,7-10H2. The van der Waals surface area contributed by atoms with Crippen LogP contribution in [0.2, 0.25) is 0 Å². The van der Waals surface area contributed by atoms with Gasteiger partial charge in [-0.15, -0.1) is 0 Å². The van der Waals surface area contributed by atoms with Gasteiger partial charge in [0.1, 0.15) is 5.82 Å². The molecule has 0 bridgehead atoms. The Bertz CT molecular complexity index is 572. The van der Waals surface area contributed by atoms with Crippen molar-refractivity contribution in [2.45, 2.75) is 30.6 Å². The van der Waals surface area contributed by atoms with Gasteiger partial charge in [0.05, 0.1) is 9.37 Å². The van der Waals surface area contributed by atoms with Crippen LogP contribution in [0.3, 0.4) is 0 Å². The van der Waals surface area contributed by atoms with E-state index in [9.17, 15) is 12.8 Å². The first-order valence-electron chi connectivity index (χ1n) is 7.16. The number of hydrogen-bond acceptors (Lipinski definition) is 3. The summed E-state index contributed by atoms with van der Waals surface area (Å²) in [5.74, 6) is -0.578. The maximum Gasteiger partial charge on any atom is 0.240 e. The molecule has 1 saturated heterocycles. The molecule has 0 aromatic heterocycles. The summed E-state index contributed by atoms with van der Waals surface area (Å²) in [5, 5.41) is 0. The van der Waals surface area contributed by atoms with E-state index in [1.165, 1.54) is 37.8 Å². The molecule has 1 aromatic carbocycles. The van der Waals surface area contributed by atoms with Gasteiger partial charge in [-0.05, 0) is 60.1 Å². The van der Waals surface area contributed by atoms with Crippen LogP contribution in [0.25, 0.3) is 0 Å². The van der Waals surface area contributed by atoms with Gasteiger partial charge in [-0.1, -0.05) is 12.8 Å². The maximum absolute atomic E-state index is 13.4. The van der Waals surface area contributed by atoms with Gasteiger partial charge in [-0.2, -0.15) is 0 Å². The number of halogens is 2. The Kier molecular flexibility index (Phi) is 6.16. The molecule has 0 saturated carbocycles. The van der Waals surface area contributed by atoms with Gasteiger partial charge >= 0.3 is 0 Å². The van der Waals surface area contributed by atoms with Crippen molar-refractivity contribution in [1.29, 1.82) is 0 Å². The summed E-state index contributed by atoms with van der Waals surface area (Å²) in [7, 11) is -3.65. The number of nitrogens with zero attached hydrogens (tertiary/aromatic N) is 1. The fraction of sp³-hybridized carbons (Fsp3) is 0.571. The molecule has 0 spiro atoms. The maximum atomic E-state index is 13.4. The van der Waals surface area contributed by atoms with Gasteiger partial charge < -0.3 is 4.90 Å². The third kappa shape index (κ3) is 5.02. The first kappa shape index (κ1) is 16.9. The van der Waals surface area contributed by atoms with Gasteiger partial charge in [0.15, 0.2) is 0 Å². The molecule has 0 radical (unpaired) electrons. The first-order chi connectivity index (χ1) is 9.99. The van der Waals surface area contributed by atoms with Crippen LogP contribution < -0.4 is 4.72 Å². The van der Waals surface area contributed by atoms with Crippen LogP contribution in [0.5, 0.6) is 0 Å². The van der Waals surface area contributed by atoms with Crippen molar-refractivity contribution >= 4 is 26.0 Å². The van der Waals surface area contributed by atoms with Crippen molar-refractivity contribution in [3.05, 3.63) is 28.5 Å². The Hall–Kier alpha value is -0.500. The molecule has 1 aliphatic rings. The second-order valence-corrected chi connectivity index (χ2v) is 7.85. The van der Waals surface area contributed by atoms with E-state index < -0.39 is 15.8 Å². The van der Waals surface area contributed by atoms with Gasteiger partial charge in [-0.25, -0.2) is 17.5 Å². The minimum atomic E-state index is -3.65. The van der Waals surface area contributed by atoms with E-state index in [2.05, 4.69) is 25.6 Å². The van der Waals surface area contributed by atoms with Crippen molar-refractivity contribution < 1.29 is 12.8 Å². The largest absolute Gasteiger partial charge is 0.302 e. The molecule has 0 unspecified atom stereocenters. The lowest BCUT2D eigenvalue weighted by molar-refractivity contribution is 0.290. The van der Waals surface area contributed by atoms with Crippen molar-refractivity contribution in [1.82, 2.24) is 9.62 Å². The molecule has 0 amide bonds. The number of sulfonamides is 1. The van der Waals surface area contributed by atoms with Gasteiger partial charge in [-0.3, -0.25) is 0 Å². The summed E-state index contributed by atoms with van der Waals surface area (Å²) < 4.78 is 40.4. The zero-order chi connectivity index (χ0) is 15.3. The second kappa shape index (κ2) is 7.67. The zero-order valence-corrected chi connectivity index (χ0v) is 14.2. The Morgan fingerprint density at radius 3 is 2.48 bits per heavy atom. The summed E-state index contributed by atoms with van der Waals surface area (Å²) in [6.45, 7) is 3.08. The Morgan fingerprint density at radius 2 is 1.86 bits per heavy atom. The zero-order valence-electron chi connectivity index (χ0n) is 11.8. The van der Waals surface area contributed by atoms with Crippen LogP contribution >= 0.6 is 15.9 Å². The van der Waals surface area contributed by atoms with Crippen LogP contribution in [-0.4, -0.2) is 39.5 Å². The summed E-state index contributed by atoms with van der Waals surface area (Å²) >= 11 is 3.01. The molecular weight excluding hydrogens is 359 g/mol. The van der Waals surface area contributed by atoms with Crippen LogP contribution in [0.1, 0.15) is 25.7 Å². The summed E-state index contributed by atoms with van der Waals surface area (Å²) in [5.41, 5.74) is 0. The topological polar surface area (TPSA) is 49.4 Å². The van der Waals surface area contributed by atoms with Gasteiger partial charge in [0.25, 0.3) is 0 Å². The lowest BCUT2D eigenvalue weighted by atomic mass is 10.2. The molecule has 2 rings (SSSR count). The predicted molar refractivity (Wildman–Crippen MR) is 84.2 cm³/mol. The molecule has 1 fully saturated rings. The Labute approximate surface area is 133 Å². The van der Waals surface area contributed by atoms with E-state index in [4.69, 9.17) is 0 Å². The minimum Gasteiger partial charge on any atom is -0.302 e. The average Bonchev–Trinajstić information content (AvgIpc) is 2.70. The number of benzene rings is 1. The molecule has 0 aliphatic carbocycles. The molecule has 1 aromatic rings. The second-order valence-electron chi connectivity index (χ2n) is 5.23. The van der Waals surface area contributed by atoms with Crippen molar-refractivity contribution in [2.75, 3.05) is 26.2 Å². The average molecular weight is 379 g/mol. The lowest BCUT2D eigenvalue weighted by Gasteiger charge is -2.19. The first-order valence-corrected chi connectivity index (χ1v) is 9.44. The molecule has 1 heterocycles. The van der Waals surface area contributed by atoms with E-state index in [-0.39, 0.29) is 9.37 Å². The normalized spacial score (nSPS) is 17.6. The molecule has 118 valence electrons. The predicted octanol–water partition coefficient (Wildman–Crippen LogP) is 2.74. The van der Waals surface area contributed by atoms with Crippen molar-refractivity contribution in [3.63, 3.8) is 0 Å². The van der Waals surface area contributed by atoms with E-state index in [1.807, 2.05) is 0 Å². The van der Waals surface area contributed by atoms with Crippen LogP contribution in [0, 0.1) is 5.82 Å². The Morgan fingerprint density at radius 1 is 1.19 bits per heavy atom. The number of hydrogen-bond donors (Lipinski definition) is 1. The smallest absolute Gasteiger partial charge is 0.240 e.